The fourth-order valence-electron chi connectivity index (χ4n) is 1.56. The molecule has 2 nitrogen and oxygen atoms in total. The highest BCUT2D eigenvalue weighted by molar-refractivity contribution is 6.30. The molecule has 0 heterocycles. The molecule has 0 aliphatic rings. The fourth-order valence-corrected chi connectivity index (χ4v) is 1.75. The van der Waals surface area contributed by atoms with Gasteiger partial charge in [0.15, 0.2) is 0 Å². The monoisotopic (exact) mass is 258 g/mol. The van der Waals surface area contributed by atoms with Gasteiger partial charge in [-0.2, -0.15) is 0 Å². The quantitative estimate of drug-likeness (QED) is 0.755. The Bertz CT molecular complexity index is 545. The van der Waals surface area contributed by atoms with Gasteiger partial charge in [-0.05, 0) is 35.9 Å². The van der Waals surface area contributed by atoms with Gasteiger partial charge in [-0.1, -0.05) is 29.8 Å². The van der Waals surface area contributed by atoms with Gasteiger partial charge in [0.25, 0.3) is 0 Å². The van der Waals surface area contributed by atoms with E-state index < -0.39 is 0 Å². The van der Waals surface area contributed by atoms with Gasteiger partial charge in [-0.3, -0.25) is 4.99 Å². The molecular weight excluding hydrogens is 244 g/mol. The maximum Gasteiger partial charge on any atom is 0.0644 e. The maximum atomic E-state index is 5.90. The zero-order valence-corrected chi connectivity index (χ0v) is 11.2. The summed E-state index contributed by atoms with van der Waals surface area (Å²) in [5, 5.41) is 0.701. The van der Waals surface area contributed by atoms with E-state index in [2.05, 4.69) is 22.0 Å². The van der Waals surface area contributed by atoms with E-state index in [0.717, 1.165) is 11.3 Å². The Kier molecular flexibility index (Phi) is 4.00. The molecule has 92 valence electrons. The highest BCUT2D eigenvalue weighted by Gasteiger charge is 1.94. The molecule has 0 N–H and O–H groups in total. The number of aliphatic imine (C=N–C) groups is 1. The summed E-state index contributed by atoms with van der Waals surface area (Å²) in [4.78, 5) is 6.46. The SMILES string of the molecule is CN(C)c1ccc(C=Nc2cccc(Cl)c2)cc1. The van der Waals surface area contributed by atoms with Gasteiger partial charge in [0.05, 0.1) is 5.69 Å². The first kappa shape index (κ1) is 12.7. The normalized spacial score (nSPS) is 10.8. The minimum atomic E-state index is 0.701. The fraction of sp³-hybridized carbons (Fsp3) is 0.133. The third-order valence-electron chi connectivity index (χ3n) is 2.58. The molecule has 0 bridgehead atoms. The van der Waals surface area contributed by atoms with Crippen LogP contribution in [0, 0.1) is 0 Å². The van der Waals surface area contributed by atoms with Crippen LogP contribution in [0.25, 0.3) is 0 Å². The molecule has 2 aromatic rings. The first-order valence-corrected chi connectivity index (χ1v) is 6.10. The molecule has 0 spiro atoms. The van der Waals surface area contributed by atoms with Crippen LogP contribution in [0.5, 0.6) is 0 Å². The van der Waals surface area contributed by atoms with Crippen molar-refractivity contribution in [2.75, 3.05) is 19.0 Å². The Balaban J connectivity index is 2.14. The standard InChI is InChI=1S/C15H15ClN2/c1-18(2)15-8-6-12(7-9-15)11-17-14-5-3-4-13(16)10-14/h3-11H,1-2H3. The second-order valence-electron chi connectivity index (χ2n) is 4.22. The zero-order valence-electron chi connectivity index (χ0n) is 10.5. The van der Waals surface area contributed by atoms with E-state index in [1.165, 1.54) is 5.69 Å². The average molecular weight is 259 g/mol. The van der Waals surface area contributed by atoms with E-state index in [-0.39, 0.29) is 0 Å². The number of nitrogens with zero attached hydrogens (tertiary/aromatic N) is 2. The van der Waals surface area contributed by atoms with E-state index in [4.69, 9.17) is 11.6 Å². The Morgan fingerprint density at radius 1 is 1.06 bits per heavy atom. The van der Waals surface area contributed by atoms with Crippen molar-refractivity contribution < 1.29 is 0 Å². The average Bonchev–Trinajstić information content (AvgIpc) is 2.37. The van der Waals surface area contributed by atoms with Gasteiger partial charge in [0.1, 0.15) is 0 Å². The van der Waals surface area contributed by atoms with Gasteiger partial charge < -0.3 is 4.90 Å². The number of hydrogen-bond donors (Lipinski definition) is 0. The van der Waals surface area contributed by atoms with Crippen molar-refractivity contribution in [2.45, 2.75) is 0 Å². The summed E-state index contributed by atoms with van der Waals surface area (Å²) < 4.78 is 0. The first-order valence-electron chi connectivity index (χ1n) is 5.72. The van der Waals surface area contributed by atoms with E-state index in [9.17, 15) is 0 Å². The third kappa shape index (κ3) is 3.34. The van der Waals surface area contributed by atoms with Gasteiger partial charge in [-0.15, -0.1) is 0 Å². The predicted octanol–water partition coefficient (Wildman–Crippen LogP) is 4.16. The molecule has 0 saturated heterocycles. The Morgan fingerprint density at radius 3 is 2.39 bits per heavy atom. The van der Waals surface area contributed by atoms with Crippen LogP contribution in [0.2, 0.25) is 5.02 Å². The van der Waals surface area contributed by atoms with Crippen molar-refractivity contribution in [1.29, 1.82) is 0 Å². The predicted molar refractivity (Wildman–Crippen MR) is 79.5 cm³/mol. The summed E-state index contributed by atoms with van der Waals surface area (Å²) in [5.74, 6) is 0. The van der Waals surface area contributed by atoms with Crippen LogP contribution in [0.1, 0.15) is 5.56 Å². The lowest BCUT2D eigenvalue weighted by Crippen LogP contribution is -2.08. The van der Waals surface area contributed by atoms with Crippen molar-refractivity contribution in [2.24, 2.45) is 4.99 Å². The number of hydrogen-bond acceptors (Lipinski definition) is 2. The van der Waals surface area contributed by atoms with Crippen LogP contribution >= 0.6 is 11.6 Å². The second-order valence-corrected chi connectivity index (χ2v) is 4.66. The van der Waals surface area contributed by atoms with Crippen LogP contribution in [-0.4, -0.2) is 20.3 Å². The van der Waals surface area contributed by atoms with Crippen molar-refractivity contribution in [3.05, 3.63) is 59.1 Å². The largest absolute Gasteiger partial charge is 0.378 e. The summed E-state index contributed by atoms with van der Waals surface area (Å²) in [6.07, 6.45) is 1.84. The molecule has 0 amide bonds. The molecule has 2 aromatic carbocycles. The molecule has 0 aliphatic carbocycles. The minimum absolute atomic E-state index is 0.701. The number of benzene rings is 2. The van der Waals surface area contributed by atoms with E-state index >= 15 is 0 Å². The molecular formula is C15H15ClN2. The number of anilines is 1. The van der Waals surface area contributed by atoms with E-state index in [0.29, 0.717) is 5.02 Å². The summed E-state index contributed by atoms with van der Waals surface area (Å²) in [5.41, 5.74) is 3.11. The van der Waals surface area contributed by atoms with Crippen molar-refractivity contribution >= 4 is 29.2 Å². The van der Waals surface area contributed by atoms with Gasteiger partial charge in [-0.25, -0.2) is 0 Å². The Labute approximate surface area is 113 Å². The van der Waals surface area contributed by atoms with Crippen molar-refractivity contribution in [1.82, 2.24) is 0 Å². The molecule has 18 heavy (non-hydrogen) atoms. The van der Waals surface area contributed by atoms with Crippen LogP contribution < -0.4 is 4.90 Å². The lowest BCUT2D eigenvalue weighted by molar-refractivity contribution is 1.13. The van der Waals surface area contributed by atoms with Crippen LogP contribution in [0.4, 0.5) is 11.4 Å². The smallest absolute Gasteiger partial charge is 0.0644 e. The Hall–Kier alpha value is -1.80. The second kappa shape index (κ2) is 5.69. The molecule has 0 radical (unpaired) electrons. The first-order chi connectivity index (χ1) is 8.65. The molecule has 0 aliphatic heterocycles. The van der Waals surface area contributed by atoms with Crippen molar-refractivity contribution in [3.63, 3.8) is 0 Å². The topological polar surface area (TPSA) is 15.6 Å². The zero-order chi connectivity index (χ0) is 13.0. The van der Waals surface area contributed by atoms with Crippen LogP contribution in [0.3, 0.4) is 0 Å². The third-order valence-corrected chi connectivity index (χ3v) is 2.82. The van der Waals surface area contributed by atoms with Crippen molar-refractivity contribution in [3.8, 4) is 0 Å². The van der Waals surface area contributed by atoms with Gasteiger partial charge in [0.2, 0.25) is 0 Å². The highest BCUT2D eigenvalue weighted by Crippen LogP contribution is 2.18. The summed E-state index contributed by atoms with van der Waals surface area (Å²) in [7, 11) is 4.05. The molecule has 0 fully saturated rings. The maximum absolute atomic E-state index is 5.90. The van der Waals surface area contributed by atoms with Gasteiger partial charge in [0, 0.05) is 31.0 Å². The van der Waals surface area contributed by atoms with Crippen LogP contribution in [-0.2, 0) is 0 Å². The highest BCUT2D eigenvalue weighted by atomic mass is 35.5. The number of halogens is 1. The molecule has 3 heteroatoms. The van der Waals surface area contributed by atoms with Gasteiger partial charge >= 0.3 is 0 Å². The Morgan fingerprint density at radius 2 is 1.78 bits per heavy atom. The molecule has 2 rings (SSSR count). The molecule has 0 saturated carbocycles. The number of rotatable bonds is 3. The molecule has 0 atom stereocenters. The van der Waals surface area contributed by atoms with E-state index in [1.54, 1.807) is 0 Å². The summed E-state index contributed by atoms with van der Waals surface area (Å²) >= 11 is 5.90. The summed E-state index contributed by atoms with van der Waals surface area (Å²) in [6, 6.07) is 15.7. The lowest BCUT2D eigenvalue weighted by atomic mass is 10.2. The molecule has 0 unspecified atom stereocenters. The minimum Gasteiger partial charge on any atom is -0.378 e. The summed E-state index contributed by atoms with van der Waals surface area (Å²) in [6.45, 7) is 0. The van der Waals surface area contributed by atoms with E-state index in [1.807, 2.05) is 56.7 Å². The lowest BCUT2D eigenvalue weighted by Gasteiger charge is -2.11. The van der Waals surface area contributed by atoms with Crippen LogP contribution in [0.15, 0.2) is 53.5 Å². The molecule has 0 aromatic heterocycles.